The van der Waals surface area contributed by atoms with E-state index in [0.717, 1.165) is 0 Å². The Kier molecular flexibility index (Phi) is 5.33. The predicted octanol–water partition coefficient (Wildman–Crippen LogP) is -1.14. The van der Waals surface area contributed by atoms with Crippen LogP contribution < -0.4 is 10.6 Å². The van der Waals surface area contributed by atoms with Gasteiger partial charge in [-0.1, -0.05) is 0 Å². The second-order valence-electron chi connectivity index (χ2n) is 5.15. The summed E-state index contributed by atoms with van der Waals surface area (Å²) in [5.74, 6) is -0.186. The summed E-state index contributed by atoms with van der Waals surface area (Å²) in [6, 6.07) is 6.64. The first-order chi connectivity index (χ1) is 10.4. The molecule has 5 atom stereocenters. The average Bonchev–Trinajstić information content (AvgIpc) is 2.49. The zero-order valence-corrected chi connectivity index (χ0v) is 12.0. The SMILES string of the molecule is CC(=O)Nc1ccc(N[C@@H]2OC(CO)[C@H](O)[C@H](O)[C@H]2O)cc1. The molecule has 1 aromatic rings. The van der Waals surface area contributed by atoms with E-state index in [1.807, 2.05) is 0 Å². The van der Waals surface area contributed by atoms with Crippen molar-refractivity contribution in [2.24, 2.45) is 0 Å². The highest BCUT2D eigenvalue weighted by Gasteiger charge is 2.43. The van der Waals surface area contributed by atoms with Crippen LogP contribution in [0.25, 0.3) is 0 Å². The van der Waals surface area contributed by atoms with Gasteiger partial charge in [-0.15, -0.1) is 0 Å². The molecular weight excluding hydrogens is 292 g/mol. The third kappa shape index (κ3) is 3.73. The van der Waals surface area contributed by atoms with E-state index in [9.17, 15) is 20.1 Å². The van der Waals surface area contributed by atoms with E-state index in [4.69, 9.17) is 9.84 Å². The Morgan fingerprint density at radius 1 is 1.09 bits per heavy atom. The molecule has 0 aromatic heterocycles. The number of nitrogens with one attached hydrogen (secondary N) is 2. The van der Waals surface area contributed by atoms with Crippen molar-refractivity contribution in [2.45, 2.75) is 37.6 Å². The van der Waals surface area contributed by atoms with Gasteiger partial charge in [-0.25, -0.2) is 0 Å². The highest BCUT2D eigenvalue weighted by molar-refractivity contribution is 5.88. The molecule has 0 saturated carbocycles. The first kappa shape index (κ1) is 16.7. The molecule has 1 amide bonds. The molecule has 1 fully saturated rings. The number of benzene rings is 1. The quantitative estimate of drug-likeness (QED) is 0.414. The van der Waals surface area contributed by atoms with Crippen LogP contribution in [0.4, 0.5) is 11.4 Å². The maximum atomic E-state index is 10.9. The first-order valence-electron chi connectivity index (χ1n) is 6.87. The van der Waals surface area contributed by atoms with Crippen LogP contribution in [0.2, 0.25) is 0 Å². The zero-order valence-electron chi connectivity index (χ0n) is 12.0. The van der Waals surface area contributed by atoms with Crippen molar-refractivity contribution in [3.05, 3.63) is 24.3 Å². The smallest absolute Gasteiger partial charge is 0.221 e. The third-order valence-corrected chi connectivity index (χ3v) is 3.41. The minimum absolute atomic E-state index is 0.186. The molecule has 6 N–H and O–H groups in total. The predicted molar refractivity (Wildman–Crippen MR) is 78.1 cm³/mol. The van der Waals surface area contributed by atoms with E-state index in [1.54, 1.807) is 24.3 Å². The van der Waals surface area contributed by atoms with E-state index in [-0.39, 0.29) is 5.91 Å². The normalized spacial score (nSPS) is 31.6. The second-order valence-corrected chi connectivity index (χ2v) is 5.15. The Labute approximate surface area is 127 Å². The van der Waals surface area contributed by atoms with Crippen molar-refractivity contribution in [3.63, 3.8) is 0 Å². The lowest BCUT2D eigenvalue weighted by Crippen LogP contribution is -2.60. The van der Waals surface area contributed by atoms with Gasteiger partial charge in [0, 0.05) is 18.3 Å². The fraction of sp³-hybridized carbons (Fsp3) is 0.500. The molecule has 1 aromatic carbocycles. The summed E-state index contributed by atoms with van der Waals surface area (Å²) >= 11 is 0. The molecule has 1 unspecified atom stereocenters. The van der Waals surface area contributed by atoms with Crippen LogP contribution in [0.1, 0.15) is 6.92 Å². The maximum absolute atomic E-state index is 10.9. The zero-order chi connectivity index (χ0) is 16.3. The number of ether oxygens (including phenoxy) is 1. The molecule has 8 heteroatoms. The molecule has 22 heavy (non-hydrogen) atoms. The summed E-state index contributed by atoms with van der Waals surface area (Å²) in [7, 11) is 0. The van der Waals surface area contributed by atoms with Crippen molar-refractivity contribution < 1.29 is 30.0 Å². The molecule has 1 heterocycles. The highest BCUT2D eigenvalue weighted by atomic mass is 16.6. The number of aliphatic hydroxyl groups is 4. The summed E-state index contributed by atoms with van der Waals surface area (Å²) in [4.78, 5) is 10.9. The molecule has 0 bridgehead atoms. The molecule has 0 aliphatic carbocycles. The molecule has 2 rings (SSSR count). The van der Waals surface area contributed by atoms with Crippen molar-refractivity contribution in [1.29, 1.82) is 0 Å². The lowest BCUT2D eigenvalue weighted by molar-refractivity contribution is -0.221. The molecule has 0 spiro atoms. The minimum Gasteiger partial charge on any atom is -0.394 e. The van der Waals surface area contributed by atoms with Gasteiger partial charge in [0.1, 0.15) is 24.4 Å². The van der Waals surface area contributed by atoms with Crippen LogP contribution in [-0.4, -0.2) is 63.6 Å². The van der Waals surface area contributed by atoms with Crippen molar-refractivity contribution in [1.82, 2.24) is 0 Å². The summed E-state index contributed by atoms with van der Waals surface area (Å²) in [6.45, 7) is 0.921. The third-order valence-electron chi connectivity index (χ3n) is 3.41. The number of carbonyl (C=O) groups excluding carboxylic acids is 1. The number of hydrogen-bond donors (Lipinski definition) is 6. The monoisotopic (exact) mass is 312 g/mol. The fourth-order valence-corrected chi connectivity index (χ4v) is 2.24. The highest BCUT2D eigenvalue weighted by Crippen LogP contribution is 2.23. The van der Waals surface area contributed by atoms with Gasteiger partial charge >= 0.3 is 0 Å². The molecular formula is C14H20N2O6. The lowest BCUT2D eigenvalue weighted by Gasteiger charge is -2.40. The van der Waals surface area contributed by atoms with E-state index < -0.39 is 37.3 Å². The number of carbonyl (C=O) groups is 1. The Morgan fingerprint density at radius 3 is 2.23 bits per heavy atom. The number of rotatable bonds is 4. The number of anilines is 2. The second kappa shape index (κ2) is 7.03. The van der Waals surface area contributed by atoms with Gasteiger partial charge in [0.15, 0.2) is 6.23 Å². The largest absolute Gasteiger partial charge is 0.394 e. The van der Waals surface area contributed by atoms with E-state index in [0.29, 0.717) is 11.4 Å². The first-order valence-corrected chi connectivity index (χ1v) is 6.87. The van der Waals surface area contributed by atoms with Gasteiger partial charge in [-0.2, -0.15) is 0 Å². The molecule has 122 valence electrons. The Morgan fingerprint density at radius 2 is 1.68 bits per heavy atom. The number of amides is 1. The fourth-order valence-electron chi connectivity index (χ4n) is 2.24. The Hall–Kier alpha value is -1.71. The van der Waals surface area contributed by atoms with Crippen LogP contribution in [0.5, 0.6) is 0 Å². The number of hydrogen-bond acceptors (Lipinski definition) is 7. The minimum atomic E-state index is -1.43. The topological polar surface area (TPSA) is 131 Å². The van der Waals surface area contributed by atoms with Gasteiger partial charge in [0.2, 0.25) is 5.91 Å². The maximum Gasteiger partial charge on any atom is 0.221 e. The van der Waals surface area contributed by atoms with Crippen LogP contribution in [0, 0.1) is 0 Å². The van der Waals surface area contributed by atoms with Crippen LogP contribution in [0.15, 0.2) is 24.3 Å². The summed E-state index contributed by atoms with van der Waals surface area (Å²) in [5.41, 5.74) is 1.20. The van der Waals surface area contributed by atoms with Gasteiger partial charge in [0.25, 0.3) is 0 Å². The van der Waals surface area contributed by atoms with Crippen LogP contribution in [0.3, 0.4) is 0 Å². The van der Waals surface area contributed by atoms with Crippen molar-refractivity contribution in [2.75, 3.05) is 17.2 Å². The Balaban J connectivity index is 2.04. The van der Waals surface area contributed by atoms with E-state index in [1.165, 1.54) is 6.92 Å². The van der Waals surface area contributed by atoms with Gasteiger partial charge in [-0.05, 0) is 24.3 Å². The summed E-state index contributed by atoms with van der Waals surface area (Å²) in [6.07, 6.45) is -6.12. The van der Waals surface area contributed by atoms with Gasteiger partial charge in [-0.3, -0.25) is 4.79 Å². The van der Waals surface area contributed by atoms with Crippen molar-refractivity contribution >= 4 is 17.3 Å². The van der Waals surface area contributed by atoms with Gasteiger partial charge in [0.05, 0.1) is 6.61 Å². The van der Waals surface area contributed by atoms with Crippen LogP contribution in [-0.2, 0) is 9.53 Å². The van der Waals surface area contributed by atoms with Gasteiger partial charge < -0.3 is 35.8 Å². The van der Waals surface area contributed by atoms with E-state index >= 15 is 0 Å². The molecule has 1 aliphatic heterocycles. The lowest BCUT2D eigenvalue weighted by atomic mass is 9.98. The van der Waals surface area contributed by atoms with Crippen LogP contribution >= 0.6 is 0 Å². The molecule has 1 aliphatic rings. The average molecular weight is 312 g/mol. The Bertz CT molecular complexity index is 507. The summed E-state index contributed by atoms with van der Waals surface area (Å²) in [5, 5.41) is 43.9. The van der Waals surface area contributed by atoms with E-state index in [2.05, 4.69) is 10.6 Å². The molecule has 8 nitrogen and oxygen atoms in total. The number of aliphatic hydroxyl groups excluding tert-OH is 4. The standard InChI is InChI=1S/C14H20N2O6/c1-7(18)15-8-2-4-9(5-3-8)16-14-13(21)12(20)11(19)10(6-17)22-14/h2-5,10-14,16-17,19-21H,6H2,1H3,(H,15,18)/t10?,11-,12-,13+,14+/m0/s1. The molecule has 0 radical (unpaired) electrons. The molecule has 1 saturated heterocycles. The van der Waals surface area contributed by atoms with Crippen molar-refractivity contribution in [3.8, 4) is 0 Å². The summed E-state index contributed by atoms with van der Waals surface area (Å²) < 4.78 is 5.34.